The Morgan fingerprint density at radius 1 is 1.20 bits per heavy atom. The Labute approximate surface area is 118 Å². The molecule has 1 saturated carbocycles. The van der Waals surface area contributed by atoms with Crippen molar-refractivity contribution in [2.75, 3.05) is 26.2 Å². The van der Waals surface area contributed by atoms with E-state index >= 15 is 0 Å². The van der Waals surface area contributed by atoms with Crippen molar-refractivity contribution < 1.29 is 9.18 Å². The molecule has 3 rings (SSSR count). The molecule has 108 valence electrons. The molecule has 20 heavy (non-hydrogen) atoms. The summed E-state index contributed by atoms with van der Waals surface area (Å²) in [5.74, 6) is -0.905. The van der Waals surface area contributed by atoms with Crippen molar-refractivity contribution in [1.82, 2.24) is 14.8 Å². The second kappa shape index (κ2) is 5.87. The second-order valence-electron chi connectivity index (χ2n) is 5.61. The first-order valence-corrected chi connectivity index (χ1v) is 7.39. The highest BCUT2D eigenvalue weighted by molar-refractivity contribution is 5.94. The third-order valence-corrected chi connectivity index (χ3v) is 4.43. The molecular formula is C15H20FN3O. The predicted octanol–water partition coefficient (Wildman–Crippen LogP) is 1.92. The van der Waals surface area contributed by atoms with Gasteiger partial charge in [0.05, 0.1) is 5.56 Å². The number of piperazine rings is 1. The summed E-state index contributed by atoms with van der Waals surface area (Å²) in [7, 11) is 0. The number of hydrogen-bond acceptors (Lipinski definition) is 3. The Kier molecular flexibility index (Phi) is 3.96. The minimum Gasteiger partial charge on any atom is -0.336 e. The molecule has 1 aliphatic carbocycles. The number of amides is 1. The first-order valence-electron chi connectivity index (χ1n) is 7.39. The van der Waals surface area contributed by atoms with E-state index in [4.69, 9.17) is 0 Å². The molecule has 0 spiro atoms. The molecule has 0 N–H and O–H groups in total. The van der Waals surface area contributed by atoms with Crippen molar-refractivity contribution >= 4 is 5.91 Å². The highest BCUT2D eigenvalue weighted by Crippen LogP contribution is 2.24. The van der Waals surface area contributed by atoms with Gasteiger partial charge in [0.1, 0.15) is 0 Å². The quantitative estimate of drug-likeness (QED) is 0.775. The minimum atomic E-state index is -0.671. The summed E-state index contributed by atoms with van der Waals surface area (Å²) in [6, 6.07) is 3.81. The molecule has 2 heterocycles. The Morgan fingerprint density at radius 2 is 1.90 bits per heavy atom. The van der Waals surface area contributed by atoms with Crippen LogP contribution in [0.3, 0.4) is 0 Å². The summed E-state index contributed by atoms with van der Waals surface area (Å²) in [5.41, 5.74) is 0.0850. The fraction of sp³-hybridized carbons (Fsp3) is 0.600. The third kappa shape index (κ3) is 2.68. The van der Waals surface area contributed by atoms with Gasteiger partial charge >= 0.3 is 0 Å². The van der Waals surface area contributed by atoms with Crippen LogP contribution in [0.1, 0.15) is 36.0 Å². The van der Waals surface area contributed by atoms with Crippen LogP contribution in [0.25, 0.3) is 0 Å². The number of carbonyl (C=O) groups is 1. The number of carbonyl (C=O) groups excluding carboxylic acids is 1. The molecule has 0 unspecified atom stereocenters. The van der Waals surface area contributed by atoms with Crippen molar-refractivity contribution in [3.05, 3.63) is 29.8 Å². The molecule has 1 amide bonds. The van der Waals surface area contributed by atoms with Crippen LogP contribution in [-0.4, -0.2) is 52.9 Å². The van der Waals surface area contributed by atoms with Crippen molar-refractivity contribution in [1.29, 1.82) is 0 Å². The van der Waals surface area contributed by atoms with Gasteiger partial charge in [-0.1, -0.05) is 12.8 Å². The van der Waals surface area contributed by atoms with E-state index in [1.807, 2.05) is 0 Å². The van der Waals surface area contributed by atoms with Crippen molar-refractivity contribution in [2.45, 2.75) is 31.7 Å². The molecule has 1 aliphatic heterocycles. The van der Waals surface area contributed by atoms with Gasteiger partial charge in [0.2, 0.25) is 5.95 Å². The van der Waals surface area contributed by atoms with Gasteiger partial charge in [-0.05, 0) is 25.0 Å². The van der Waals surface area contributed by atoms with Gasteiger partial charge in [-0.25, -0.2) is 4.98 Å². The summed E-state index contributed by atoms with van der Waals surface area (Å²) >= 11 is 0. The fourth-order valence-electron chi connectivity index (χ4n) is 3.28. The normalized spacial score (nSPS) is 21.4. The van der Waals surface area contributed by atoms with Crippen LogP contribution in [0.2, 0.25) is 0 Å². The highest BCUT2D eigenvalue weighted by atomic mass is 19.1. The number of pyridine rings is 1. The SMILES string of the molecule is O=C(c1cccnc1F)N1CCN(C2CCCC2)CC1. The van der Waals surface area contributed by atoms with E-state index in [-0.39, 0.29) is 11.5 Å². The van der Waals surface area contributed by atoms with Crippen LogP contribution < -0.4 is 0 Å². The standard InChI is InChI=1S/C15H20FN3O/c16-14-13(6-3-7-17-14)15(20)19-10-8-18(9-11-19)12-4-1-2-5-12/h3,6-7,12H,1-2,4-5,8-11H2. The minimum absolute atomic E-state index is 0.0850. The van der Waals surface area contributed by atoms with Gasteiger partial charge in [-0.15, -0.1) is 0 Å². The summed E-state index contributed by atoms with van der Waals surface area (Å²) in [5, 5.41) is 0. The van der Waals surface area contributed by atoms with Crippen LogP contribution in [0.15, 0.2) is 18.3 Å². The molecule has 5 heteroatoms. The van der Waals surface area contributed by atoms with E-state index in [2.05, 4.69) is 9.88 Å². The first-order chi connectivity index (χ1) is 9.75. The van der Waals surface area contributed by atoms with Gasteiger partial charge in [0, 0.05) is 38.4 Å². The fourth-order valence-corrected chi connectivity index (χ4v) is 3.28. The number of halogens is 1. The topological polar surface area (TPSA) is 36.4 Å². The summed E-state index contributed by atoms with van der Waals surface area (Å²) in [6.45, 7) is 3.17. The van der Waals surface area contributed by atoms with Crippen LogP contribution in [0, 0.1) is 5.95 Å². The third-order valence-electron chi connectivity index (χ3n) is 4.43. The van der Waals surface area contributed by atoms with E-state index in [9.17, 15) is 9.18 Å². The molecule has 0 radical (unpaired) electrons. The molecular weight excluding hydrogens is 257 g/mol. The Balaban J connectivity index is 1.60. The molecule has 1 aromatic rings. The van der Waals surface area contributed by atoms with E-state index in [1.165, 1.54) is 37.9 Å². The van der Waals surface area contributed by atoms with Crippen molar-refractivity contribution in [3.63, 3.8) is 0 Å². The average molecular weight is 277 g/mol. The molecule has 2 fully saturated rings. The van der Waals surface area contributed by atoms with Gasteiger partial charge in [0.15, 0.2) is 0 Å². The monoisotopic (exact) mass is 277 g/mol. The summed E-state index contributed by atoms with van der Waals surface area (Å²) in [6.07, 6.45) is 6.58. The maximum absolute atomic E-state index is 13.5. The van der Waals surface area contributed by atoms with Crippen molar-refractivity contribution in [3.8, 4) is 0 Å². The molecule has 1 saturated heterocycles. The largest absolute Gasteiger partial charge is 0.336 e. The second-order valence-corrected chi connectivity index (χ2v) is 5.61. The first kappa shape index (κ1) is 13.5. The summed E-state index contributed by atoms with van der Waals surface area (Å²) < 4.78 is 13.5. The van der Waals surface area contributed by atoms with E-state index in [1.54, 1.807) is 11.0 Å². The lowest BCUT2D eigenvalue weighted by Crippen LogP contribution is -2.51. The maximum atomic E-state index is 13.5. The van der Waals surface area contributed by atoms with Gasteiger partial charge < -0.3 is 4.90 Å². The smallest absolute Gasteiger partial charge is 0.258 e. The molecule has 4 nitrogen and oxygen atoms in total. The zero-order valence-electron chi connectivity index (χ0n) is 11.6. The zero-order chi connectivity index (χ0) is 13.9. The number of aromatic nitrogens is 1. The maximum Gasteiger partial charge on any atom is 0.258 e. The van der Waals surface area contributed by atoms with E-state index < -0.39 is 5.95 Å². The Hall–Kier alpha value is -1.49. The molecule has 0 bridgehead atoms. The van der Waals surface area contributed by atoms with Crippen LogP contribution in [0.5, 0.6) is 0 Å². The van der Waals surface area contributed by atoms with Gasteiger partial charge in [-0.2, -0.15) is 4.39 Å². The molecule has 0 atom stereocenters. The lowest BCUT2D eigenvalue weighted by molar-refractivity contribution is 0.0568. The lowest BCUT2D eigenvalue weighted by atomic mass is 10.1. The summed E-state index contributed by atoms with van der Waals surface area (Å²) in [4.78, 5) is 20.0. The van der Waals surface area contributed by atoms with Gasteiger partial charge in [-0.3, -0.25) is 9.69 Å². The van der Waals surface area contributed by atoms with Gasteiger partial charge in [0.25, 0.3) is 5.91 Å². The number of rotatable bonds is 2. The average Bonchev–Trinajstić information content (AvgIpc) is 3.01. The molecule has 2 aliphatic rings. The molecule has 1 aromatic heterocycles. The van der Waals surface area contributed by atoms with Crippen LogP contribution in [0.4, 0.5) is 4.39 Å². The zero-order valence-corrected chi connectivity index (χ0v) is 11.6. The lowest BCUT2D eigenvalue weighted by Gasteiger charge is -2.38. The van der Waals surface area contributed by atoms with E-state index in [0.717, 1.165) is 13.1 Å². The van der Waals surface area contributed by atoms with Crippen LogP contribution >= 0.6 is 0 Å². The number of nitrogens with zero attached hydrogens (tertiary/aromatic N) is 3. The van der Waals surface area contributed by atoms with Crippen molar-refractivity contribution in [2.24, 2.45) is 0 Å². The Bertz CT molecular complexity index is 480. The highest BCUT2D eigenvalue weighted by Gasteiger charge is 2.29. The number of hydrogen-bond donors (Lipinski definition) is 0. The van der Waals surface area contributed by atoms with E-state index in [0.29, 0.717) is 19.1 Å². The predicted molar refractivity (Wildman–Crippen MR) is 73.9 cm³/mol. The Morgan fingerprint density at radius 3 is 2.55 bits per heavy atom. The van der Waals surface area contributed by atoms with Crippen LogP contribution in [-0.2, 0) is 0 Å². The molecule has 0 aromatic carbocycles.